The zero-order valence-electron chi connectivity index (χ0n) is 9.32. The van der Waals surface area contributed by atoms with Crippen molar-refractivity contribution < 1.29 is 0 Å². The lowest BCUT2D eigenvalue weighted by Gasteiger charge is -2.07. The first-order chi connectivity index (χ1) is 9.06. The van der Waals surface area contributed by atoms with Crippen LogP contribution in [0.1, 0.15) is 0 Å². The van der Waals surface area contributed by atoms with Crippen LogP contribution in [-0.4, -0.2) is 14.5 Å². The third kappa shape index (κ3) is 2.40. The zero-order valence-corrected chi connectivity index (χ0v) is 13.8. The quantitative estimate of drug-likeness (QED) is 0.443. The summed E-state index contributed by atoms with van der Waals surface area (Å²) in [5.41, 5.74) is 2.49. The number of aromatic amines is 1. The SMILES string of the molecule is S=c1[nH]c2cc(Cl)cnc2n1-c1ccc(Cl)cc1I. The van der Waals surface area contributed by atoms with Crippen molar-refractivity contribution in [2.45, 2.75) is 0 Å². The van der Waals surface area contributed by atoms with Crippen molar-refractivity contribution in [1.82, 2.24) is 14.5 Å². The number of pyridine rings is 1. The number of nitrogens with zero attached hydrogens (tertiary/aromatic N) is 2. The van der Waals surface area contributed by atoms with E-state index in [4.69, 9.17) is 35.4 Å². The summed E-state index contributed by atoms with van der Waals surface area (Å²) >= 11 is 19.5. The predicted molar refractivity (Wildman–Crippen MR) is 89.0 cm³/mol. The van der Waals surface area contributed by atoms with Crippen molar-refractivity contribution in [2.75, 3.05) is 0 Å². The number of fused-ring (bicyclic) bond motifs is 1. The molecule has 0 amide bonds. The largest absolute Gasteiger partial charge is 0.329 e. The van der Waals surface area contributed by atoms with E-state index >= 15 is 0 Å². The lowest BCUT2D eigenvalue weighted by molar-refractivity contribution is 1.04. The van der Waals surface area contributed by atoms with Gasteiger partial charge in [-0.05, 0) is 59.1 Å². The Labute approximate surface area is 137 Å². The maximum atomic E-state index is 5.98. The van der Waals surface area contributed by atoms with E-state index in [1.807, 2.05) is 22.8 Å². The molecular formula is C12H6Cl2IN3S. The van der Waals surface area contributed by atoms with Crippen LogP contribution in [0, 0.1) is 8.34 Å². The standard InChI is InChI=1S/C12H6Cl2IN3S/c13-6-1-2-10(8(15)3-6)18-11-9(17-12(18)19)4-7(14)5-16-11/h1-5H,(H,17,19). The van der Waals surface area contributed by atoms with Crippen molar-refractivity contribution in [3.05, 3.63) is 48.8 Å². The lowest BCUT2D eigenvalue weighted by atomic mass is 10.3. The Morgan fingerprint density at radius 1 is 1.21 bits per heavy atom. The average Bonchev–Trinajstić information content (AvgIpc) is 2.65. The predicted octanol–water partition coefficient (Wildman–Crippen LogP) is 4.99. The second kappa shape index (κ2) is 5.05. The summed E-state index contributed by atoms with van der Waals surface area (Å²) in [7, 11) is 0. The number of nitrogens with one attached hydrogen (secondary N) is 1. The van der Waals surface area contributed by atoms with Gasteiger partial charge in [-0.3, -0.25) is 4.57 Å². The minimum atomic E-state index is 0.571. The maximum Gasteiger partial charge on any atom is 0.184 e. The van der Waals surface area contributed by atoms with Crippen LogP contribution in [0.15, 0.2) is 30.5 Å². The Morgan fingerprint density at radius 2 is 2.00 bits per heavy atom. The van der Waals surface area contributed by atoms with E-state index in [0.29, 0.717) is 14.8 Å². The molecule has 0 unspecified atom stereocenters. The van der Waals surface area contributed by atoms with Crippen LogP contribution < -0.4 is 0 Å². The highest BCUT2D eigenvalue weighted by molar-refractivity contribution is 14.1. The number of hydrogen-bond donors (Lipinski definition) is 1. The molecule has 0 aliphatic rings. The summed E-state index contributed by atoms with van der Waals surface area (Å²) in [6.45, 7) is 0. The van der Waals surface area contributed by atoms with Crippen LogP contribution in [0.2, 0.25) is 10.0 Å². The van der Waals surface area contributed by atoms with E-state index in [-0.39, 0.29) is 0 Å². The third-order valence-electron chi connectivity index (χ3n) is 2.64. The Hall–Kier alpha value is -0.630. The topological polar surface area (TPSA) is 33.6 Å². The Bertz CT molecular complexity index is 841. The van der Waals surface area contributed by atoms with Crippen LogP contribution in [0.3, 0.4) is 0 Å². The van der Waals surface area contributed by atoms with Gasteiger partial charge in [-0.2, -0.15) is 0 Å². The average molecular weight is 422 g/mol. The van der Waals surface area contributed by atoms with Crippen molar-refractivity contribution in [2.24, 2.45) is 0 Å². The van der Waals surface area contributed by atoms with Gasteiger partial charge >= 0.3 is 0 Å². The number of imidazole rings is 1. The molecule has 0 fully saturated rings. The van der Waals surface area contributed by atoms with Gasteiger partial charge in [0.25, 0.3) is 0 Å². The molecule has 0 radical (unpaired) electrons. The number of aromatic nitrogens is 3. The van der Waals surface area contributed by atoms with Crippen molar-refractivity contribution in [3.8, 4) is 5.69 Å². The van der Waals surface area contributed by atoms with Crippen LogP contribution in [0.5, 0.6) is 0 Å². The smallest absolute Gasteiger partial charge is 0.184 e. The lowest BCUT2D eigenvalue weighted by Crippen LogP contribution is -1.98. The van der Waals surface area contributed by atoms with Gasteiger partial charge in [0.1, 0.15) is 0 Å². The molecule has 0 spiro atoms. The first kappa shape index (κ1) is 13.4. The number of H-pyrrole nitrogens is 1. The highest BCUT2D eigenvalue weighted by Gasteiger charge is 2.11. The van der Waals surface area contributed by atoms with E-state index in [1.54, 1.807) is 12.3 Å². The summed E-state index contributed by atoms with van der Waals surface area (Å²) in [5.74, 6) is 0. The Kier molecular flexibility index (Phi) is 3.55. The molecule has 0 aliphatic heterocycles. The molecule has 0 atom stereocenters. The minimum Gasteiger partial charge on any atom is -0.329 e. The van der Waals surface area contributed by atoms with E-state index in [2.05, 4.69) is 32.6 Å². The van der Waals surface area contributed by atoms with Gasteiger partial charge in [0.2, 0.25) is 0 Å². The maximum absolute atomic E-state index is 5.98. The molecule has 0 bridgehead atoms. The molecule has 0 aliphatic carbocycles. The molecule has 3 rings (SSSR count). The Balaban J connectivity index is 2.36. The fourth-order valence-corrected chi connectivity index (χ4v) is 3.42. The molecule has 7 heteroatoms. The zero-order chi connectivity index (χ0) is 13.6. The van der Waals surface area contributed by atoms with Crippen LogP contribution >= 0.6 is 58.0 Å². The number of rotatable bonds is 1. The van der Waals surface area contributed by atoms with Gasteiger partial charge in [-0.25, -0.2) is 4.98 Å². The van der Waals surface area contributed by atoms with Gasteiger partial charge in [-0.15, -0.1) is 0 Å². The molecular weight excluding hydrogens is 416 g/mol. The van der Waals surface area contributed by atoms with E-state index in [9.17, 15) is 0 Å². The first-order valence-electron chi connectivity index (χ1n) is 5.28. The van der Waals surface area contributed by atoms with Crippen molar-refractivity contribution in [3.63, 3.8) is 0 Å². The van der Waals surface area contributed by atoms with Crippen LogP contribution in [-0.2, 0) is 0 Å². The van der Waals surface area contributed by atoms with Crippen LogP contribution in [0.4, 0.5) is 0 Å². The molecule has 1 N–H and O–H groups in total. The molecule has 3 nitrogen and oxygen atoms in total. The summed E-state index contributed by atoms with van der Waals surface area (Å²) in [4.78, 5) is 7.44. The fourth-order valence-electron chi connectivity index (χ4n) is 1.86. The second-order valence-corrected chi connectivity index (χ2v) is 6.31. The van der Waals surface area contributed by atoms with Gasteiger partial charge in [0.05, 0.1) is 16.2 Å². The molecule has 0 saturated heterocycles. The fraction of sp³-hybridized carbons (Fsp3) is 0. The summed E-state index contributed by atoms with van der Waals surface area (Å²) in [6, 6.07) is 7.44. The highest BCUT2D eigenvalue weighted by Crippen LogP contribution is 2.25. The molecule has 0 saturated carbocycles. The summed E-state index contributed by atoms with van der Waals surface area (Å²) < 4.78 is 3.45. The third-order valence-corrected chi connectivity index (χ3v) is 4.23. The molecule has 1 aromatic carbocycles. The molecule has 2 aromatic heterocycles. The van der Waals surface area contributed by atoms with E-state index in [0.717, 1.165) is 20.4 Å². The van der Waals surface area contributed by atoms with Gasteiger partial charge < -0.3 is 4.98 Å². The van der Waals surface area contributed by atoms with E-state index < -0.39 is 0 Å². The Morgan fingerprint density at radius 3 is 2.74 bits per heavy atom. The minimum absolute atomic E-state index is 0.571. The molecule has 3 aromatic rings. The van der Waals surface area contributed by atoms with Gasteiger partial charge in [0, 0.05) is 14.8 Å². The first-order valence-corrected chi connectivity index (χ1v) is 7.52. The summed E-state index contributed by atoms with van der Waals surface area (Å²) in [6.07, 6.45) is 1.60. The molecule has 19 heavy (non-hydrogen) atoms. The van der Waals surface area contributed by atoms with Gasteiger partial charge in [0.15, 0.2) is 10.4 Å². The second-order valence-electron chi connectivity index (χ2n) is 3.89. The number of halogens is 3. The normalized spacial score (nSPS) is 11.1. The molecule has 2 heterocycles. The number of benzene rings is 1. The molecule has 96 valence electrons. The van der Waals surface area contributed by atoms with Crippen LogP contribution in [0.25, 0.3) is 16.9 Å². The number of hydrogen-bond acceptors (Lipinski definition) is 2. The van der Waals surface area contributed by atoms with Crippen molar-refractivity contribution >= 4 is 69.2 Å². The van der Waals surface area contributed by atoms with Gasteiger partial charge in [-0.1, -0.05) is 23.2 Å². The van der Waals surface area contributed by atoms with E-state index in [1.165, 1.54) is 0 Å². The summed E-state index contributed by atoms with van der Waals surface area (Å²) in [5, 5.41) is 1.26. The van der Waals surface area contributed by atoms with Crippen molar-refractivity contribution in [1.29, 1.82) is 0 Å². The monoisotopic (exact) mass is 421 g/mol. The highest BCUT2D eigenvalue weighted by atomic mass is 127.